The molecule has 0 amide bonds. The number of carbonyl (C=O) groups is 2. The maximum atomic E-state index is 12.8. The van der Waals surface area contributed by atoms with Crippen molar-refractivity contribution in [3.63, 3.8) is 0 Å². The number of ketones is 2. The Morgan fingerprint density at radius 3 is 2.20 bits per heavy atom. The monoisotopic (exact) mass is 365 g/mol. The molecule has 0 saturated carbocycles. The van der Waals surface area contributed by atoms with E-state index in [4.69, 9.17) is 11.6 Å². The van der Waals surface area contributed by atoms with Crippen molar-refractivity contribution in [3.8, 4) is 0 Å². The van der Waals surface area contributed by atoms with Gasteiger partial charge in [-0.1, -0.05) is 48.0 Å². The predicted molar refractivity (Wildman–Crippen MR) is 86.3 cm³/mol. The highest BCUT2D eigenvalue weighted by Crippen LogP contribution is 2.30. The summed E-state index contributed by atoms with van der Waals surface area (Å²) in [6, 6.07) is 10.9. The van der Waals surface area contributed by atoms with Crippen molar-refractivity contribution < 1.29 is 22.8 Å². The van der Waals surface area contributed by atoms with Crippen LogP contribution in [0.1, 0.15) is 31.8 Å². The molecule has 0 atom stereocenters. The van der Waals surface area contributed by atoms with E-state index in [2.05, 4.69) is 5.32 Å². The van der Waals surface area contributed by atoms with Crippen molar-refractivity contribution in [2.24, 2.45) is 0 Å². The van der Waals surface area contributed by atoms with Crippen molar-refractivity contribution in [1.82, 2.24) is 5.32 Å². The van der Waals surface area contributed by atoms with E-state index in [1.807, 2.05) is 0 Å². The Kier molecular flexibility index (Phi) is 4.39. The Hall–Kier alpha value is -2.60. The first-order chi connectivity index (χ1) is 11.8. The number of carbonyl (C=O) groups excluding carboxylic acids is 2. The SMILES string of the molecule is O=C1C(Cl)=C(NCc2cccc(C(F)(F)F)c2)C(=O)c2ccccc21. The van der Waals surface area contributed by atoms with Gasteiger partial charge >= 0.3 is 6.18 Å². The van der Waals surface area contributed by atoms with E-state index in [9.17, 15) is 22.8 Å². The van der Waals surface area contributed by atoms with E-state index < -0.39 is 23.3 Å². The minimum Gasteiger partial charge on any atom is -0.376 e. The van der Waals surface area contributed by atoms with Crippen LogP contribution in [0.5, 0.6) is 0 Å². The van der Waals surface area contributed by atoms with Gasteiger partial charge in [0.2, 0.25) is 11.6 Å². The maximum absolute atomic E-state index is 12.8. The second kappa shape index (κ2) is 6.37. The molecule has 2 aromatic rings. The zero-order valence-corrected chi connectivity index (χ0v) is 13.4. The summed E-state index contributed by atoms with van der Waals surface area (Å²) in [5, 5.41) is 2.43. The lowest BCUT2D eigenvalue weighted by molar-refractivity contribution is -0.137. The molecule has 0 aromatic heterocycles. The molecule has 3 rings (SSSR count). The van der Waals surface area contributed by atoms with Gasteiger partial charge in [-0.25, -0.2) is 0 Å². The summed E-state index contributed by atoms with van der Waals surface area (Å²) in [4.78, 5) is 24.7. The first-order valence-electron chi connectivity index (χ1n) is 7.27. The predicted octanol–water partition coefficient (Wildman–Crippen LogP) is 4.32. The van der Waals surface area contributed by atoms with Crippen molar-refractivity contribution in [2.75, 3.05) is 0 Å². The molecule has 0 aliphatic heterocycles. The number of hydrogen-bond acceptors (Lipinski definition) is 3. The Bertz CT molecular complexity index is 903. The van der Waals surface area contributed by atoms with Crippen LogP contribution in [0.4, 0.5) is 13.2 Å². The minimum absolute atomic E-state index is 0.0728. The Labute approximate surface area is 146 Å². The van der Waals surface area contributed by atoms with Crippen molar-refractivity contribution >= 4 is 23.2 Å². The summed E-state index contributed by atoms with van der Waals surface area (Å²) in [5.74, 6) is -0.962. The van der Waals surface area contributed by atoms with Gasteiger partial charge in [-0.2, -0.15) is 13.2 Å². The van der Waals surface area contributed by atoms with Gasteiger partial charge in [-0.3, -0.25) is 9.59 Å². The zero-order valence-electron chi connectivity index (χ0n) is 12.7. The van der Waals surface area contributed by atoms with Crippen molar-refractivity contribution in [2.45, 2.75) is 12.7 Å². The Morgan fingerprint density at radius 2 is 1.56 bits per heavy atom. The number of rotatable bonds is 3. The molecule has 7 heteroatoms. The molecule has 2 aromatic carbocycles. The highest BCUT2D eigenvalue weighted by Gasteiger charge is 2.32. The van der Waals surface area contributed by atoms with Gasteiger partial charge in [0.05, 0.1) is 5.56 Å². The van der Waals surface area contributed by atoms with Crippen molar-refractivity contribution in [1.29, 1.82) is 0 Å². The van der Waals surface area contributed by atoms with E-state index in [1.165, 1.54) is 24.3 Å². The number of halogens is 4. The molecule has 128 valence electrons. The zero-order chi connectivity index (χ0) is 18.2. The van der Waals surface area contributed by atoms with E-state index >= 15 is 0 Å². The lowest BCUT2D eigenvalue weighted by Crippen LogP contribution is -2.28. The summed E-state index contributed by atoms with van der Waals surface area (Å²) in [5.41, 5.74) is -0.164. The fraction of sp³-hybridized carbons (Fsp3) is 0.111. The van der Waals surface area contributed by atoms with Crippen LogP contribution in [0.25, 0.3) is 0 Å². The van der Waals surface area contributed by atoms with E-state index in [0.29, 0.717) is 5.56 Å². The molecule has 0 saturated heterocycles. The molecule has 0 fully saturated rings. The van der Waals surface area contributed by atoms with Crippen LogP contribution in [0.15, 0.2) is 59.3 Å². The summed E-state index contributed by atoms with van der Waals surface area (Å²) >= 11 is 5.99. The topological polar surface area (TPSA) is 46.2 Å². The van der Waals surface area contributed by atoms with Gasteiger partial charge in [0.1, 0.15) is 10.7 Å². The number of fused-ring (bicyclic) bond motifs is 1. The number of Topliss-reactive ketones (excluding diaryl/α,β-unsaturated/α-hetero) is 2. The molecular formula is C18H11ClF3NO2. The molecule has 0 radical (unpaired) electrons. The lowest BCUT2D eigenvalue weighted by atomic mass is 9.92. The first kappa shape index (κ1) is 17.2. The Morgan fingerprint density at radius 1 is 0.920 bits per heavy atom. The quantitative estimate of drug-likeness (QED) is 0.881. The van der Waals surface area contributed by atoms with Gasteiger partial charge in [0.25, 0.3) is 0 Å². The first-order valence-corrected chi connectivity index (χ1v) is 7.65. The van der Waals surface area contributed by atoms with E-state index in [1.54, 1.807) is 12.1 Å². The molecular weight excluding hydrogens is 355 g/mol. The molecule has 0 bridgehead atoms. The van der Waals surface area contributed by atoms with Gasteiger partial charge in [0, 0.05) is 17.7 Å². The summed E-state index contributed by atoms with van der Waals surface area (Å²) in [6.45, 7) is -0.0728. The van der Waals surface area contributed by atoms with Gasteiger partial charge < -0.3 is 5.32 Å². The highest BCUT2D eigenvalue weighted by atomic mass is 35.5. The average Bonchev–Trinajstić information content (AvgIpc) is 2.59. The average molecular weight is 366 g/mol. The normalized spacial score (nSPS) is 14.6. The summed E-state index contributed by atoms with van der Waals surface area (Å²) in [7, 11) is 0. The molecule has 1 N–H and O–H groups in total. The van der Waals surface area contributed by atoms with Crippen LogP contribution in [0.2, 0.25) is 0 Å². The van der Waals surface area contributed by atoms with Crippen LogP contribution in [0.3, 0.4) is 0 Å². The minimum atomic E-state index is -4.46. The van der Waals surface area contributed by atoms with Gasteiger partial charge in [-0.05, 0) is 17.7 Å². The molecule has 3 nitrogen and oxygen atoms in total. The number of hydrogen-bond donors (Lipinski definition) is 1. The number of benzene rings is 2. The largest absolute Gasteiger partial charge is 0.416 e. The third-order valence-electron chi connectivity index (χ3n) is 3.79. The van der Waals surface area contributed by atoms with Crippen LogP contribution >= 0.6 is 11.6 Å². The van der Waals surface area contributed by atoms with E-state index in [0.717, 1.165) is 12.1 Å². The van der Waals surface area contributed by atoms with Crippen LogP contribution in [0, 0.1) is 0 Å². The smallest absolute Gasteiger partial charge is 0.376 e. The second-order valence-electron chi connectivity index (χ2n) is 5.44. The number of nitrogens with one attached hydrogen (secondary N) is 1. The third kappa shape index (κ3) is 3.30. The lowest BCUT2D eigenvalue weighted by Gasteiger charge is -2.19. The molecule has 25 heavy (non-hydrogen) atoms. The number of allylic oxidation sites excluding steroid dienone is 2. The standard InChI is InChI=1S/C18H11ClF3NO2/c19-14-15(17(25)13-7-2-1-6-12(13)16(14)24)23-9-10-4-3-5-11(8-10)18(20,21)22/h1-8,23H,9H2. The number of alkyl halides is 3. The molecule has 1 aliphatic rings. The summed E-state index contributed by atoms with van der Waals surface area (Å²) < 4.78 is 38.3. The highest BCUT2D eigenvalue weighted by molar-refractivity contribution is 6.49. The van der Waals surface area contributed by atoms with E-state index in [-0.39, 0.29) is 28.4 Å². The van der Waals surface area contributed by atoms with Gasteiger partial charge in [-0.15, -0.1) is 0 Å². The second-order valence-corrected chi connectivity index (χ2v) is 5.82. The Balaban J connectivity index is 1.86. The van der Waals surface area contributed by atoms with Crippen LogP contribution < -0.4 is 5.32 Å². The van der Waals surface area contributed by atoms with Crippen LogP contribution in [-0.2, 0) is 12.7 Å². The van der Waals surface area contributed by atoms with Crippen molar-refractivity contribution in [3.05, 3.63) is 81.5 Å². The maximum Gasteiger partial charge on any atom is 0.416 e. The molecule has 0 unspecified atom stereocenters. The fourth-order valence-electron chi connectivity index (χ4n) is 2.55. The van der Waals surface area contributed by atoms with Crippen LogP contribution in [-0.4, -0.2) is 11.6 Å². The molecule has 0 spiro atoms. The molecule has 1 aliphatic carbocycles. The molecule has 0 heterocycles. The fourth-order valence-corrected chi connectivity index (χ4v) is 2.81. The third-order valence-corrected chi connectivity index (χ3v) is 4.15. The van der Waals surface area contributed by atoms with Gasteiger partial charge in [0.15, 0.2) is 0 Å². The summed E-state index contributed by atoms with van der Waals surface area (Å²) in [6.07, 6.45) is -4.46.